The summed E-state index contributed by atoms with van der Waals surface area (Å²) in [6, 6.07) is 5.82. The molecular weight excluding hydrogens is 192 g/mol. The van der Waals surface area contributed by atoms with Gasteiger partial charge in [-0.15, -0.1) is 0 Å². The van der Waals surface area contributed by atoms with Crippen molar-refractivity contribution in [2.24, 2.45) is 0 Å². The Hall–Kier alpha value is -1.84. The van der Waals surface area contributed by atoms with E-state index in [-0.39, 0.29) is 6.54 Å². The highest BCUT2D eigenvalue weighted by Gasteiger charge is 2.10. The number of aryl methyl sites for hydroxylation is 2. The molecule has 0 saturated carbocycles. The summed E-state index contributed by atoms with van der Waals surface area (Å²) in [5.41, 5.74) is 2.89. The van der Waals surface area contributed by atoms with Gasteiger partial charge in [0.15, 0.2) is 0 Å². The maximum absolute atomic E-state index is 10.6. The van der Waals surface area contributed by atoms with Crippen LogP contribution in [0.5, 0.6) is 0 Å². The number of hydrogen-bond acceptors (Lipinski definition) is 2. The lowest BCUT2D eigenvalue weighted by Crippen LogP contribution is -2.11. The van der Waals surface area contributed by atoms with Crippen molar-refractivity contribution >= 4 is 16.9 Å². The number of carbonyl (C=O) groups is 1. The Balaban J connectivity index is 2.64. The molecule has 0 fully saturated rings. The first-order chi connectivity index (χ1) is 7.09. The number of aliphatic carboxylic acids is 1. The molecule has 78 valence electrons. The highest BCUT2D eigenvalue weighted by Crippen LogP contribution is 2.21. The van der Waals surface area contributed by atoms with Crippen LogP contribution in [0.1, 0.15) is 11.3 Å². The number of benzene rings is 1. The third-order valence-electron chi connectivity index (χ3n) is 2.51. The minimum Gasteiger partial charge on any atom is -0.480 e. The Kier molecular flexibility index (Phi) is 2.19. The Morgan fingerprint density at radius 1 is 1.47 bits per heavy atom. The number of carboxylic acid groups (broad SMARTS) is 1. The van der Waals surface area contributed by atoms with Gasteiger partial charge in [-0.2, -0.15) is 5.10 Å². The quantitative estimate of drug-likeness (QED) is 0.810. The van der Waals surface area contributed by atoms with Crippen molar-refractivity contribution in [3.63, 3.8) is 0 Å². The van der Waals surface area contributed by atoms with Gasteiger partial charge in [-0.25, -0.2) is 0 Å². The predicted octanol–water partition coefficient (Wildman–Crippen LogP) is 1.74. The molecule has 4 nitrogen and oxygen atoms in total. The average Bonchev–Trinajstić information content (AvgIpc) is 2.44. The third-order valence-corrected chi connectivity index (χ3v) is 2.51. The van der Waals surface area contributed by atoms with Crippen LogP contribution >= 0.6 is 0 Å². The zero-order chi connectivity index (χ0) is 11.0. The molecule has 2 aromatic rings. The van der Waals surface area contributed by atoms with Gasteiger partial charge < -0.3 is 5.11 Å². The van der Waals surface area contributed by atoms with Crippen LogP contribution in [0.4, 0.5) is 0 Å². The Morgan fingerprint density at radius 3 is 2.80 bits per heavy atom. The molecule has 1 N–H and O–H groups in total. The first-order valence-corrected chi connectivity index (χ1v) is 4.74. The molecule has 0 atom stereocenters. The third kappa shape index (κ3) is 1.58. The number of aromatic nitrogens is 2. The van der Waals surface area contributed by atoms with E-state index in [1.807, 2.05) is 32.0 Å². The van der Waals surface area contributed by atoms with Gasteiger partial charge in [-0.3, -0.25) is 9.48 Å². The normalized spacial score (nSPS) is 10.8. The summed E-state index contributed by atoms with van der Waals surface area (Å²) in [5.74, 6) is -0.872. The van der Waals surface area contributed by atoms with E-state index in [9.17, 15) is 4.79 Å². The maximum atomic E-state index is 10.6. The number of fused-ring (bicyclic) bond motifs is 1. The zero-order valence-corrected chi connectivity index (χ0v) is 8.69. The minimum absolute atomic E-state index is 0.0834. The molecule has 15 heavy (non-hydrogen) atoms. The Labute approximate surface area is 87.1 Å². The van der Waals surface area contributed by atoms with Crippen molar-refractivity contribution < 1.29 is 9.90 Å². The van der Waals surface area contributed by atoms with Crippen LogP contribution in [0.25, 0.3) is 10.9 Å². The molecule has 1 aromatic carbocycles. The van der Waals surface area contributed by atoms with E-state index in [4.69, 9.17) is 5.11 Å². The second kappa shape index (κ2) is 3.38. The standard InChI is InChI=1S/C11H12N2O2/c1-7-4-3-5-9-11(7)8(2)13(12-9)6-10(14)15/h3-5H,6H2,1-2H3,(H,14,15). The van der Waals surface area contributed by atoms with Gasteiger partial charge >= 0.3 is 5.97 Å². The fourth-order valence-electron chi connectivity index (χ4n) is 1.82. The van der Waals surface area contributed by atoms with Crippen molar-refractivity contribution in [3.8, 4) is 0 Å². The van der Waals surface area contributed by atoms with Gasteiger partial charge in [0.05, 0.1) is 5.52 Å². The first-order valence-electron chi connectivity index (χ1n) is 4.74. The van der Waals surface area contributed by atoms with Crippen LogP contribution in [-0.2, 0) is 11.3 Å². The van der Waals surface area contributed by atoms with E-state index in [1.165, 1.54) is 4.68 Å². The monoisotopic (exact) mass is 204 g/mol. The molecular formula is C11H12N2O2. The Morgan fingerprint density at radius 2 is 2.20 bits per heavy atom. The summed E-state index contributed by atoms with van der Waals surface area (Å²) in [6.07, 6.45) is 0. The zero-order valence-electron chi connectivity index (χ0n) is 8.69. The van der Waals surface area contributed by atoms with E-state index >= 15 is 0 Å². The van der Waals surface area contributed by atoms with E-state index in [0.29, 0.717) is 0 Å². The fourth-order valence-corrected chi connectivity index (χ4v) is 1.82. The second-order valence-electron chi connectivity index (χ2n) is 3.61. The van der Waals surface area contributed by atoms with Crippen molar-refractivity contribution in [2.75, 3.05) is 0 Å². The lowest BCUT2D eigenvalue weighted by molar-refractivity contribution is -0.137. The molecule has 0 aliphatic rings. The first kappa shape index (κ1) is 9.71. The highest BCUT2D eigenvalue weighted by atomic mass is 16.4. The summed E-state index contributed by atoms with van der Waals surface area (Å²) >= 11 is 0. The largest absolute Gasteiger partial charge is 0.480 e. The molecule has 0 unspecified atom stereocenters. The topological polar surface area (TPSA) is 55.1 Å². The van der Waals surface area contributed by atoms with Crippen LogP contribution in [-0.4, -0.2) is 20.9 Å². The molecule has 0 spiro atoms. The SMILES string of the molecule is Cc1cccc2nn(CC(=O)O)c(C)c12. The van der Waals surface area contributed by atoms with Crippen LogP contribution in [0.3, 0.4) is 0 Å². The van der Waals surface area contributed by atoms with E-state index in [1.54, 1.807) is 0 Å². The van der Waals surface area contributed by atoms with Crippen LogP contribution in [0.2, 0.25) is 0 Å². The van der Waals surface area contributed by atoms with Crippen LogP contribution in [0, 0.1) is 13.8 Å². The fraction of sp³-hybridized carbons (Fsp3) is 0.273. The van der Waals surface area contributed by atoms with Gasteiger partial charge in [0, 0.05) is 11.1 Å². The number of carboxylic acids is 1. The predicted molar refractivity (Wildman–Crippen MR) is 56.8 cm³/mol. The van der Waals surface area contributed by atoms with Gasteiger partial charge in [0.2, 0.25) is 0 Å². The molecule has 4 heteroatoms. The molecule has 0 amide bonds. The molecule has 2 rings (SSSR count). The molecule has 0 aliphatic heterocycles. The van der Waals surface area contributed by atoms with E-state index in [0.717, 1.165) is 22.2 Å². The molecule has 0 radical (unpaired) electrons. The van der Waals surface area contributed by atoms with Gasteiger partial charge in [0.1, 0.15) is 6.54 Å². The van der Waals surface area contributed by atoms with Crippen LogP contribution < -0.4 is 0 Å². The minimum atomic E-state index is -0.872. The molecule has 1 heterocycles. The van der Waals surface area contributed by atoms with E-state index < -0.39 is 5.97 Å². The number of rotatable bonds is 2. The molecule has 0 bridgehead atoms. The second-order valence-corrected chi connectivity index (χ2v) is 3.61. The summed E-state index contributed by atoms with van der Waals surface area (Å²) in [5, 5.41) is 14.0. The molecule has 0 saturated heterocycles. The van der Waals surface area contributed by atoms with Crippen molar-refractivity contribution in [2.45, 2.75) is 20.4 Å². The smallest absolute Gasteiger partial charge is 0.325 e. The van der Waals surface area contributed by atoms with Crippen molar-refractivity contribution in [3.05, 3.63) is 29.5 Å². The lowest BCUT2D eigenvalue weighted by Gasteiger charge is -1.99. The summed E-state index contributed by atoms with van der Waals surface area (Å²) in [7, 11) is 0. The van der Waals surface area contributed by atoms with Crippen molar-refractivity contribution in [1.29, 1.82) is 0 Å². The van der Waals surface area contributed by atoms with Gasteiger partial charge in [0.25, 0.3) is 0 Å². The lowest BCUT2D eigenvalue weighted by atomic mass is 10.1. The maximum Gasteiger partial charge on any atom is 0.325 e. The average molecular weight is 204 g/mol. The highest BCUT2D eigenvalue weighted by molar-refractivity contribution is 5.85. The van der Waals surface area contributed by atoms with Crippen LogP contribution in [0.15, 0.2) is 18.2 Å². The van der Waals surface area contributed by atoms with E-state index in [2.05, 4.69) is 5.10 Å². The number of hydrogen-bond donors (Lipinski definition) is 1. The summed E-state index contributed by atoms with van der Waals surface area (Å²) < 4.78 is 1.53. The van der Waals surface area contributed by atoms with Crippen molar-refractivity contribution in [1.82, 2.24) is 9.78 Å². The summed E-state index contributed by atoms with van der Waals surface area (Å²) in [4.78, 5) is 10.6. The molecule has 0 aliphatic carbocycles. The number of nitrogens with zero attached hydrogens (tertiary/aromatic N) is 2. The molecule has 1 aromatic heterocycles. The van der Waals surface area contributed by atoms with Gasteiger partial charge in [-0.1, -0.05) is 12.1 Å². The Bertz CT molecular complexity index is 529. The summed E-state index contributed by atoms with van der Waals surface area (Å²) in [6.45, 7) is 3.81. The van der Waals surface area contributed by atoms with Gasteiger partial charge in [-0.05, 0) is 25.5 Å².